The van der Waals surface area contributed by atoms with Crippen molar-refractivity contribution in [2.24, 2.45) is 0 Å². The molecule has 0 aliphatic carbocycles. The lowest BCUT2D eigenvalue weighted by Crippen LogP contribution is -2.03. The molecule has 0 aliphatic rings. The van der Waals surface area contributed by atoms with Crippen LogP contribution in [0.1, 0.15) is 18.4 Å². The average Bonchev–Trinajstić information content (AvgIpc) is 3.17. The second-order valence-electron chi connectivity index (χ2n) is 4.87. The molecule has 2 aromatic heterocycles. The van der Waals surface area contributed by atoms with Gasteiger partial charge in [0.25, 0.3) is 5.69 Å². The maximum absolute atomic E-state index is 10.7. The van der Waals surface area contributed by atoms with Crippen LogP contribution < -0.4 is 0 Å². The zero-order valence-electron chi connectivity index (χ0n) is 12.1. The lowest BCUT2D eigenvalue weighted by Gasteiger charge is -2.03. The summed E-state index contributed by atoms with van der Waals surface area (Å²) in [5.74, 6) is 1.02. The molecular formula is C15H15N5O2. The number of non-ortho nitro benzene ring substituents is 1. The summed E-state index contributed by atoms with van der Waals surface area (Å²) in [6, 6.07) is 6.39. The van der Waals surface area contributed by atoms with E-state index in [1.807, 2.05) is 17.0 Å². The van der Waals surface area contributed by atoms with Gasteiger partial charge < -0.3 is 9.13 Å². The van der Waals surface area contributed by atoms with E-state index in [4.69, 9.17) is 0 Å². The number of nitrogens with zero attached hydrogens (tertiary/aromatic N) is 5. The normalized spacial score (nSPS) is 10.8. The molecule has 0 amide bonds. The summed E-state index contributed by atoms with van der Waals surface area (Å²) < 4.78 is 3.91. The first-order valence-electron chi connectivity index (χ1n) is 6.95. The highest BCUT2D eigenvalue weighted by molar-refractivity contribution is 5.41. The number of rotatable bonds is 5. The maximum atomic E-state index is 10.7. The smallest absolute Gasteiger partial charge is 0.269 e. The Labute approximate surface area is 127 Å². The first-order chi connectivity index (χ1) is 10.7. The standard InChI is InChI=1S/C15H15N5O2/c1-2-15-16-7-8-18(15)9-12-10-19(11-17-12)13-3-5-14(6-4-13)20(21)22/h3-8,10-11H,2,9H2,1H3. The van der Waals surface area contributed by atoms with E-state index in [0.717, 1.165) is 23.6 Å². The third kappa shape index (κ3) is 2.73. The molecule has 1 aromatic carbocycles. The third-order valence-electron chi connectivity index (χ3n) is 3.45. The highest BCUT2D eigenvalue weighted by Crippen LogP contribution is 2.16. The number of hydrogen-bond acceptors (Lipinski definition) is 4. The quantitative estimate of drug-likeness (QED) is 0.535. The van der Waals surface area contributed by atoms with Crippen LogP contribution in [0, 0.1) is 10.1 Å². The van der Waals surface area contributed by atoms with Crippen LogP contribution in [0.15, 0.2) is 49.2 Å². The summed E-state index contributed by atoms with van der Waals surface area (Å²) in [5.41, 5.74) is 1.83. The Balaban J connectivity index is 1.80. The maximum Gasteiger partial charge on any atom is 0.269 e. The van der Waals surface area contributed by atoms with Gasteiger partial charge in [0.05, 0.1) is 23.5 Å². The molecule has 0 bridgehead atoms. The van der Waals surface area contributed by atoms with Crippen molar-refractivity contribution in [1.29, 1.82) is 0 Å². The van der Waals surface area contributed by atoms with E-state index in [2.05, 4.69) is 21.5 Å². The summed E-state index contributed by atoms with van der Waals surface area (Å²) >= 11 is 0. The summed E-state index contributed by atoms with van der Waals surface area (Å²) in [6.07, 6.45) is 8.21. The van der Waals surface area contributed by atoms with Crippen molar-refractivity contribution in [3.8, 4) is 5.69 Å². The average molecular weight is 297 g/mol. The number of imidazole rings is 2. The number of aromatic nitrogens is 4. The minimum atomic E-state index is -0.408. The van der Waals surface area contributed by atoms with Gasteiger partial charge >= 0.3 is 0 Å². The summed E-state index contributed by atoms with van der Waals surface area (Å²) in [5, 5.41) is 10.7. The molecule has 0 atom stereocenters. The first kappa shape index (κ1) is 14.0. The Morgan fingerprint density at radius 1 is 1.23 bits per heavy atom. The van der Waals surface area contributed by atoms with Crippen LogP contribution in [-0.4, -0.2) is 24.0 Å². The lowest BCUT2D eigenvalue weighted by molar-refractivity contribution is -0.384. The Kier molecular flexibility index (Phi) is 3.69. The monoisotopic (exact) mass is 297 g/mol. The Morgan fingerprint density at radius 3 is 2.68 bits per heavy atom. The number of nitro benzene ring substituents is 1. The van der Waals surface area contributed by atoms with Crippen LogP contribution in [-0.2, 0) is 13.0 Å². The lowest BCUT2D eigenvalue weighted by atomic mass is 10.3. The second kappa shape index (κ2) is 5.80. The van der Waals surface area contributed by atoms with Crippen LogP contribution in [0.2, 0.25) is 0 Å². The van der Waals surface area contributed by atoms with Crippen molar-refractivity contribution in [2.45, 2.75) is 19.9 Å². The van der Waals surface area contributed by atoms with E-state index in [9.17, 15) is 10.1 Å². The largest absolute Gasteiger partial charge is 0.329 e. The second-order valence-corrected chi connectivity index (χ2v) is 4.87. The van der Waals surface area contributed by atoms with E-state index in [1.165, 1.54) is 12.1 Å². The zero-order valence-corrected chi connectivity index (χ0v) is 12.1. The topological polar surface area (TPSA) is 78.8 Å². The minimum Gasteiger partial charge on any atom is -0.329 e. The first-order valence-corrected chi connectivity index (χ1v) is 6.95. The van der Waals surface area contributed by atoms with Gasteiger partial charge in [-0.25, -0.2) is 9.97 Å². The summed E-state index contributed by atoms with van der Waals surface area (Å²) in [6.45, 7) is 2.72. The van der Waals surface area contributed by atoms with Gasteiger partial charge in [-0.05, 0) is 12.1 Å². The minimum absolute atomic E-state index is 0.0788. The number of benzene rings is 1. The fourth-order valence-electron chi connectivity index (χ4n) is 2.31. The summed E-state index contributed by atoms with van der Waals surface area (Å²) in [7, 11) is 0. The third-order valence-corrected chi connectivity index (χ3v) is 3.45. The van der Waals surface area contributed by atoms with E-state index in [1.54, 1.807) is 24.7 Å². The van der Waals surface area contributed by atoms with E-state index in [0.29, 0.717) is 6.54 Å². The van der Waals surface area contributed by atoms with E-state index < -0.39 is 4.92 Å². The molecule has 0 aliphatic heterocycles. The summed E-state index contributed by atoms with van der Waals surface area (Å²) in [4.78, 5) is 18.9. The molecule has 3 aromatic rings. The van der Waals surface area contributed by atoms with E-state index >= 15 is 0 Å². The number of nitro groups is 1. The Hall–Kier alpha value is -2.96. The predicted molar refractivity (Wildman–Crippen MR) is 80.9 cm³/mol. The van der Waals surface area contributed by atoms with Gasteiger partial charge in [-0.15, -0.1) is 0 Å². The van der Waals surface area contributed by atoms with Crippen molar-refractivity contribution in [3.05, 3.63) is 70.8 Å². The van der Waals surface area contributed by atoms with Crippen molar-refractivity contribution < 1.29 is 4.92 Å². The molecule has 0 radical (unpaired) electrons. The molecule has 0 N–H and O–H groups in total. The highest BCUT2D eigenvalue weighted by atomic mass is 16.6. The van der Waals surface area contributed by atoms with Gasteiger partial charge in [0.2, 0.25) is 0 Å². The van der Waals surface area contributed by atoms with Crippen molar-refractivity contribution in [3.63, 3.8) is 0 Å². The number of hydrogen-bond donors (Lipinski definition) is 0. The zero-order chi connectivity index (χ0) is 15.5. The molecular weight excluding hydrogens is 282 g/mol. The van der Waals surface area contributed by atoms with Crippen molar-refractivity contribution in [2.75, 3.05) is 0 Å². The van der Waals surface area contributed by atoms with Crippen LogP contribution in [0.3, 0.4) is 0 Å². The predicted octanol–water partition coefficient (Wildman–Crippen LogP) is 2.59. The molecule has 7 nitrogen and oxygen atoms in total. The molecule has 3 rings (SSSR count). The molecule has 2 heterocycles. The molecule has 0 unspecified atom stereocenters. The van der Waals surface area contributed by atoms with Gasteiger partial charge in [0.1, 0.15) is 5.82 Å². The fourth-order valence-corrected chi connectivity index (χ4v) is 2.31. The van der Waals surface area contributed by atoms with E-state index in [-0.39, 0.29) is 5.69 Å². The molecule has 112 valence electrons. The van der Waals surface area contributed by atoms with Crippen LogP contribution in [0.5, 0.6) is 0 Å². The molecule has 7 heteroatoms. The van der Waals surface area contributed by atoms with Gasteiger partial charge in [-0.2, -0.15) is 0 Å². The molecule has 0 saturated carbocycles. The van der Waals surface area contributed by atoms with Crippen molar-refractivity contribution >= 4 is 5.69 Å². The number of aryl methyl sites for hydroxylation is 1. The Bertz CT molecular complexity index is 788. The molecule has 0 spiro atoms. The van der Waals surface area contributed by atoms with Gasteiger partial charge in [-0.1, -0.05) is 6.92 Å². The Morgan fingerprint density at radius 2 is 2.00 bits per heavy atom. The highest BCUT2D eigenvalue weighted by Gasteiger charge is 2.07. The molecule has 0 saturated heterocycles. The van der Waals surface area contributed by atoms with Crippen LogP contribution in [0.4, 0.5) is 5.69 Å². The van der Waals surface area contributed by atoms with Crippen molar-refractivity contribution in [1.82, 2.24) is 19.1 Å². The molecule has 22 heavy (non-hydrogen) atoms. The van der Waals surface area contributed by atoms with Crippen LogP contribution >= 0.6 is 0 Å². The van der Waals surface area contributed by atoms with Crippen LogP contribution in [0.25, 0.3) is 5.69 Å². The van der Waals surface area contributed by atoms with Gasteiger partial charge in [0.15, 0.2) is 0 Å². The fraction of sp³-hybridized carbons (Fsp3) is 0.200. The van der Waals surface area contributed by atoms with Gasteiger partial charge in [-0.3, -0.25) is 10.1 Å². The molecule has 0 fully saturated rings. The van der Waals surface area contributed by atoms with Gasteiger partial charge in [0, 0.05) is 42.8 Å². The SMILES string of the molecule is CCc1nccn1Cc1cn(-c2ccc([N+](=O)[O-])cc2)cn1.